The number of hydrogen-bond donors (Lipinski definition) is 1. The van der Waals surface area contributed by atoms with Crippen molar-refractivity contribution in [2.24, 2.45) is 0 Å². The molecule has 1 fully saturated rings. The van der Waals surface area contributed by atoms with Crippen molar-refractivity contribution in [3.8, 4) is 0 Å². The van der Waals surface area contributed by atoms with Gasteiger partial charge >= 0.3 is 6.03 Å². The van der Waals surface area contributed by atoms with E-state index in [0.717, 1.165) is 6.07 Å². The molecule has 4 nitrogen and oxygen atoms in total. The monoisotopic (exact) mass is 383 g/mol. The van der Waals surface area contributed by atoms with Gasteiger partial charge in [-0.3, -0.25) is 4.98 Å². The molecule has 2 aromatic rings. The van der Waals surface area contributed by atoms with E-state index in [1.807, 2.05) is 0 Å². The number of nitrogens with one attached hydrogen (secondary N) is 1. The number of hydrogen-bond acceptors (Lipinski definition) is 2. The summed E-state index contributed by atoms with van der Waals surface area (Å²) in [6.07, 6.45) is 1.61. The van der Waals surface area contributed by atoms with Crippen LogP contribution in [-0.2, 0) is 12.3 Å². The van der Waals surface area contributed by atoms with E-state index in [1.54, 1.807) is 12.1 Å². The van der Waals surface area contributed by atoms with Gasteiger partial charge in [0.2, 0.25) is 0 Å². The van der Waals surface area contributed by atoms with Crippen LogP contribution in [0.3, 0.4) is 0 Å². The molecular formula is C18H17ClF3N3O. The van der Waals surface area contributed by atoms with Gasteiger partial charge in [-0.2, -0.15) is 0 Å². The van der Waals surface area contributed by atoms with E-state index in [2.05, 4.69) is 10.3 Å². The maximum Gasteiger partial charge on any atom is 0.321 e. The third-order valence-electron chi connectivity index (χ3n) is 4.47. The number of rotatable bonds is 3. The van der Waals surface area contributed by atoms with Crippen LogP contribution >= 0.6 is 11.6 Å². The Labute approximate surface area is 154 Å². The van der Waals surface area contributed by atoms with Gasteiger partial charge in [0.15, 0.2) is 5.67 Å². The third-order valence-corrected chi connectivity index (χ3v) is 4.78. The van der Waals surface area contributed by atoms with E-state index >= 15 is 4.39 Å². The molecule has 1 aliphatic heterocycles. The van der Waals surface area contributed by atoms with Crippen molar-refractivity contribution in [3.05, 3.63) is 58.6 Å². The molecule has 2 heterocycles. The van der Waals surface area contributed by atoms with Crippen molar-refractivity contribution in [2.45, 2.75) is 25.2 Å². The summed E-state index contributed by atoms with van der Waals surface area (Å²) in [5, 5.41) is 2.80. The van der Waals surface area contributed by atoms with Crippen LogP contribution in [0, 0.1) is 5.82 Å². The van der Waals surface area contributed by atoms with Crippen LogP contribution in [0.15, 0.2) is 36.5 Å². The Kier molecular flexibility index (Phi) is 5.36. The highest BCUT2D eigenvalue weighted by molar-refractivity contribution is 6.31. The molecule has 0 bridgehead atoms. The highest BCUT2D eigenvalue weighted by Gasteiger charge is 2.40. The minimum atomic E-state index is -1.69. The molecule has 0 aliphatic carbocycles. The Morgan fingerprint density at radius 3 is 2.65 bits per heavy atom. The average Bonchev–Trinajstić information content (AvgIpc) is 2.62. The molecule has 8 heteroatoms. The molecule has 138 valence electrons. The molecule has 2 amide bonds. The second kappa shape index (κ2) is 7.53. The second-order valence-electron chi connectivity index (χ2n) is 6.16. The van der Waals surface area contributed by atoms with Gasteiger partial charge in [0.25, 0.3) is 0 Å². The van der Waals surface area contributed by atoms with Gasteiger partial charge in [0, 0.05) is 43.4 Å². The van der Waals surface area contributed by atoms with E-state index in [9.17, 15) is 13.6 Å². The fourth-order valence-electron chi connectivity index (χ4n) is 2.95. The van der Waals surface area contributed by atoms with Gasteiger partial charge in [-0.1, -0.05) is 17.7 Å². The van der Waals surface area contributed by atoms with E-state index in [-0.39, 0.29) is 47.9 Å². The topological polar surface area (TPSA) is 45.2 Å². The van der Waals surface area contributed by atoms with E-state index in [0.29, 0.717) is 0 Å². The molecule has 26 heavy (non-hydrogen) atoms. The molecule has 1 N–H and O–H groups in total. The van der Waals surface area contributed by atoms with Crippen molar-refractivity contribution in [1.29, 1.82) is 0 Å². The molecule has 3 rings (SSSR count). The Hall–Kier alpha value is -2.28. The summed E-state index contributed by atoms with van der Waals surface area (Å²) >= 11 is 6.04. The van der Waals surface area contributed by atoms with Crippen LogP contribution in [0.5, 0.6) is 0 Å². The molecule has 0 radical (unpaired) electrons. The molecule has 0 spiro atoms. The minimum Gasteiger partial charge on any atom is -0.324 e. The number of halogens is 4. The quantitative estimate of drug-likeness (QED) is 0.824. The fourth-order valence-corrected chi connectivity index (χ4v) is 3.24. The number of aromatic nitrogens is 1. The number of urea groups is 1. The molecule has 1 aliphatic rings. The summed E-state index contributed by atoms with van der Waals surface area (Å²) < 4.78 is 41.3. The Morgan fingerprint density at radius 1 is 1.31 bits per heavy atom. The zero-order chi connectivity index (χ0) is 18.7. The largest absolute Gasteiger partial charge is 0.324 e. The summed E-state index contributed by atoms with van der Waals surface area (Å²) in [4.78, 5) is 17.8. The smallest absolute Gasteiger partial charge is 0.321 e. The number of carbonyl (C=O) groups is 1. The number of nitrogens with zero attached hydrogens (tertiary/aromatic N) is 2. The first kappa shape index (κ1) is 18.5. The Morgan fingerprint density at radius 2 is 2.04 bits per heavy atom. The summed E-state index contributed by atoms with van der Waals surface area (Å²) in [6.45, 7) is -0.582. The number of anilines is 1. The predicted molar refractivity (Wildman–Crippen MR) is 93.1 cm³/mol. The first-order valence-electron chi connectivity index (χ1n) is 8.13. The zero-order valence-electron chi connectivity index (χ0n) is 13.8. The predicted octanol–water partition coefficient (Wildman–Crippen LogP) is 4.84. The van der Waals surface area contributed by atoms with Crippen LogP contribution in [0.4, 0.5) is 23.7 Å². The number of likely N-dealkylation sites (tertiary alicyclic amines) is 1. The molecule has 1 aromatic carbocycles. The summed E-state index contributed by atoms with van der Waals surface area (Å²) in [7, 11) is 0. The van der Waals surface area contributed by atoms with E-state index in [1.165, 1.54) is 23.2 Å². The van der Waals surface area contributed by atoms with Gasteiger partial charge < -0.3 is 10.2 Å². The number of piperidine rings is 1. The summed E-state index contributed by atoms with van der Waals surface area (Å²) in [5.41, 5.74) is -1.36. The van der Waals surface area contributed by atoms with E-state index < -0.39 is 24.2 Å². The van der Waals surface area contributed by atoms with Gasteiger partial charge in [-0.25, -0.2) is 18.0 Å². The molecule has 1 saturated heterocycles. The lowest BCUT2D eigenvalue weighted by Gasteiger charge is -2.36. The number of alkyl halides is 2. The maximum atomic E-state index is 15.2. The summed E-state index contributed by atoms with van der Waals surface area (Å²) in [5.74, 6) is -0.725. The van der Waals surface area contributed by atoms with Crippen molar-refractivity contribution < 1.29 is 18.0 Å². The Bertz CT molecular complexity index is 810. The van der Waals surface area contributed by atoms with Gasteiger partial charge in [0.05, 0.1) is 10.7 Å². The van der Waals surface area contributed by atoms with E-state index in [4.69, 9.17) is 11.6 Å². The Balaban J connectivity index is 1.63. The lowest BCUT2D eigenvalue weighted by atomic mass is 9.89. The van der Waals surface area contributed by atoms with Crippen molar-refractivity contribution in [3.63, 3.8) is 0 Å². The highest BCUT2D eigenvalue weighted by Crippen LogP contribution is 2.39. The van der Waals surface area contributed by atoms with Crippen LogP contribution < -0.4 is 5.32 Å². The first-order chi connectivity index (χ1) is 12.4. The average molecular weight is 384 g/mol. The SMILES string of the molecule is O=C(Nc1ccc(CF)c(F)c1)N1CCC(F)(c2ncccc2Cl)CC1. The van der Waals surface area contributed by atoms with Crippen LogP contribution in [0.1, 0.15) is 24.1 Å². The van der Waals surface area contributed by atoms with Crippen molar-refractivity contribution in [1.82, 2.24) is 9.88 Å². The maximum absolute atomic E-state index is 15.2. The molecular weight excluding hydrogens is 367 g/mol. The van der Waals surface area contributed by atoms with Crippen LogP contribution in [0.25, 0.3) is 0 Å². The molecule has 0 unspecified atom stereocenters. The van der Waals surface area contributed by atoms with Gasteiger partial charge in [0.1, 0.15) is 12.5 Å². The molecule has 1 aromatic heterocycles. The second-order valence-corrected chi connectivity index (χ2v) is 6.56. The lowest BCUT2D eigenvalue weighted by Crippen LogP contribution is -2.45. The van der Waals surface area contributed by atoms with Gasteiger partial charge in [-0.15, -0.1) is 0 Å². The standard InChI is InChI=1S/C18H17ClF3N3O/c19-14-2-1-7-23-16(14)18(22)5-8-25(9-6-18)17(26)24-13-4-3-12(11-20)15(21)10-13/h1-4,7,10H,5-6,8-9,11H2,(H,24,26). The molecule has 0 atom stereocenters. The minimum absolute atomic E-state index is 0.0618. The number of carbonyl (C=O) groups excluding carboxylic acids is 1. The lowest BCUT2D eigenvalue weighted by molar-refractivity contribution is 0.0684. The van der Waals surface area contributed by atoms with Crippen molar-refractivity contribution in [2.75, 3.05) is 18.4 Å². The fraction of sp³-hybridized carbons (Fsp3) is 0.333. The third kappa shape index (κ3) is 3.77. The highest BCUT2D eigenvalue weighted by atomic mass is 35.5. The number of pyridine rings is 1. The first-order valence-corrected chi connectivity index (χ1v) is 8.51. The van der Waals surface area contributed by atoms with Crippen molar-refractivity contribution >= 4 is 23.3 Å². The van der Waals surface area contributed by atoms with Gasteiger partial charge in [-0.05, 0) is 24.3 Å². The summed E-state index contributed by atoms with van der Waals surface area (Å²) in [6, 6.07) is 6.50. The zero-order valence-corrected chi connectivity index (χ0v) is 14.6. The van der Waals surface area contributed by atoms with Crippen LogP contribution in [0.2, 0.25) is 5.02 Å². The normalized spacial score (nSPS) is 16.4. The molecule has 0 saturated carbocycles. The number of amides is 2. The van der Waals surface area contributed by atoms with Crippen LogP contribution in [-0.4, -0.2) is 29.0 Å². The number of benzene rings is 1.